The van der Waals surface area contributed by atoms with Gasteiger partial charge in [-0.05, 0) is 25.5 Å². The van der Waals surface area contributed by atoms with Gasteiger partial charge in [0.2, 0.25) is 5.91 Å². The maximum atomic E-state index is 13.6. The molecule has 5 heterocycles. The number of hydrogen-bond donors (Lipinski definition) is 3. The molecule has 2 aromatic heterocycles. The molecule has 202 valence electrons. The van der Waals surface area contributed by atoms with Gasteiger partial charge in [-0.3, -0.25) is 14.5 Å². The van der Waals surface area contributed by atoms with Crippen molar-refractivity contribution in [2.24, 2.45) is 7.05 Å². The van der Waals surface area contributed by atoms with E-state index in [0.29, 0.717) is 42.4 Å². The van der Waals surface area contributed by atoms with Crippen LogP contribution in [0.3, 0.4) is 0 Å². The van der Waals surface area contributed by atoms with Gasteiger partial charge in [0.25, 0.3) is 5.56 Å². The first-order valence-electron chi connectivity index (χ1n) is 12.0. The highest BCUT2D eigenvalue weighted by Crippen LogP contribution is 2.34. The summed E-state index contributed by atoms with van der Waals surface area (Å²) in [6, 6.07) is -2.56. The minimum absolute atomic E-state index is 0.00581. The van der Waals surface area contributed by atoms with Crippen LogP contribution in [0.15, 0.2) is 51.3 Å². The van der Waals surface area contributed by atoms with Crippen molar-refractivity contribution in [3.8, 4) is 11.3 Å². The normalized spacial score (nSPS) is 21.2. The summed E-state index contributed by atoms with van der Waals surface area (Å²) in [6.07, 6.45) is 2.21. The van der Waals surface area contributed by atoms with Gasteiger partial charge in [-0.25, -0.2) is 9.78 Å². The Kier molecular flexibility index (Phi) is 6.19. The predicted octanol–water partition coefficient (Wildman–Crippen LogP) is 2.03. The number of fused-ring (bicyclic) bond motifs is 3. The van der Waals surface area contributed by atoms with Gasteiger partial charge >= 0.3 is 12.2 Å². The van der Waals surface area contributed by atoms with E-state index >= 15 is 0 Å². The number of alkyl halides is 3. The molecule has 0 aromatic carbocycles. The molecule has 3 aliphatic heterocycles. The number of pyridine rings is 1. The Morgan fingerprint density at radius 1 is 1.32 bits per heavy atom. The summed E-state index contributed by atoms with van der Waals surface area (Å²) >= 11 is 0. The van der Waals surface area contributed by atoms with Gasteiger partial charge in [0.1, 0.15) is 23.6 Å². The van der Waals surface area contributed by atoms with Crippen LogP contribution in [0.5, 0.6) is 0 Å². The minimum atomic E-state index is -4.59. The lowest BCUT2D eigenvalue weighted by molar-refractivity contribution is -0.158. The molecule has 3 aliphatic rings. The summed E-state index contributed by atoms with van der Waals surface area (Å²) < 4.78 is 45.7. The number of nitrogens with one attached hydrogen (secondary N) is 3. The number of oxazole rings is 1. The number of allylic oxidation sites excluding steroid dienone is 1. The number of dihydropyridines is 1. The Labute approximate surface area is 215 Å². The first-order valence-corrected chi connectivity index (χ1v) is 12.0. The maximum Gasteiger partial charge on any atom is 0.408 e. The van der Waals surface area contributed by atoms with Crippen LogP contribution in [0.2, 0.25) is 0 Å². The van der Waals surface area contributed by atoms with Gasteiger partial charge in [0.05, 0.1) is 17.9 Å². The van der Waals surface area contributed by atoms with E-state index in [4.69, 9.17) is 4.42 Å². The zero-order valence-electron chi connectivity index (χ0n) is 20.8. The molecule has 1 saturated heterocycles. The van der Waals surface area contributed by atoms with Crippen LogP contribution in [-0.4, -0.2) is 68.7 Å². The van der Waals surface area contributed by atoms with E-state index in [1.807, 2.05) is 10.2 Å². The van der Waals surface area contributed by atoms with Crippen molar-refractivity contribution in [1.82, 2.24) is 30.0 Å². The average molecular weight is 534 g/mol. The monoisotopic (exact) mass is 533 g/mol. The van der Waals surface area contributed by atoms with Crippen LogP contribution in [0.4, 0.5) is 23.7 Å². The second-order valence-electron chi connectivity index (χ2n) is 9.48. The third-order valence-electron chi connectivity index (χ3n) is 6.77. The van der Waals surface area contributed by atoms with Crippen molar-refractivity contribution in [2.45, 2.75) is 44.6 Å². The van der Waals surface area contributed by atoms with Crippen LogP contribution >= 0.6 is 0 Å². The number of urea groups is 1. The van der Waals surface area contributed by atoms with E-state index in [1.54, 1.807) is 26.2 Å². The Balaban J connectivity index is 1.41. The average Bonchev–Trinajstić information content (AvgIpc) is 3.48. The van der Waals surface area contributed by atoms with Gasteiger partial charge in [0.15, 0.2) is 11.7 Å². The SMILES string of the molecule is Cc1ncc(-c2cc(NC(=O)N3C4=C(C=CC(C(=O)N[C@H](C)C(F)(F)F)N4)N4CC[C@H]3C4)c(=O)n(C)c2)o1. The molecule has 14 heteroatoms. The Morgan fingerprint density at radius 3 is 2.76 bits per heavy atom. The van der Waals surface area contributed by atoms with Crippen molar-refractivity contribution < 1.29 is 27.2 Å². The minimum Gasteiger partial charge on any atom is -0.441 e. The number of amides is 3. The Morgan fingerprint density at radius 2 is 2.08 bits per heavy atom. The van der Waals surface area contributed by atoms with Gasteiger partial charge in [-0.2, -0.15) is 13.2 Å². The third-order valence-corrected chi connectivity index (χ3v) is 6.77. The van der Waals surface area contributed by atoms with Crippen molar-refractivity contribution in [1.29, 1.82) is 0 Å². The zero-order valence-corrected chi connectivity index (χ0v) is 20.8. The van der Waals surface area contributed by atoms with E-state index in [0.717, 1.165) is 6.92 Å². The van der Waals surface area contributed by atoms with Crippen LogP contribution in [0, 0.1) is 6.92 Å². The lowest BCUT2D eigenvalue weighted by Gasteiger charge is -2.41. The number of anilines is 1. The van der Waals surface area contributed by atoms with Crippen molar-refractivity contribution in [3.63, 3.8) is 0 Å². The fraction of sp³-hybridized carbons (Fsp3) is 0.417. The number of aryl methyl sites for hydroxylation is 2. The molecule has 11 nitrogen and oxygen atoms in total. The topological polar surface area (TPSA) is 125 Å². The largest absolute Gasteiger partial charge is 0.441 e. The number of hydrogen-bond acceptors (Lipinski definition) is 7. The molecule has 0 spiro atoms. The second kappa shape index (κ2) is 9.26. The number of aromatic nitrogens is 2. The maximum absolute atomic E-state index is 13.6. The van der Waals surface area contributed by atoms with Crippen LogP contribution < -0.4 is 21.5 Å². The predicted molar refractivity (Wildman–Crippen MR) is 130 cm³/mol. The summed E-state index contributed by atoms with van der Waals surface area (Å²) in [5.41, 5.74) is 0.724. The van der Waals surface area contributed by atoms with Gasteiger partial charge in [-0.1, -0.05) is 6.08 Å². The van der Waals surface area contributed by atoms with E-state index in [2.05, 4.69) is 15.6 Å². The number of rotatable bonds is 4. The second-order valence-corrected chi connectivity index (χ2v) is 9.48. The fourth-order valence-electron chi connectivity index (χ4n) is 4.75. The zero-order chi connectivity index (χ0) is 27.4. The van der Waals surface area contributed by atoms with Crippen molar-refractivity contribution in [2.75, 3.05) is 18.4 Å². The van der Waals surface area contributed by atoms with E-state index < -0.39 is 35.8 Å². The van der Waals surface area contributed by atoms with Crippen LogP contribution in [0.25, 0.3) is 11.3 Å². The lowest BCUT2D eigenvalue weighted by atomic mass is 10.1. The highest BCUT2D eigenvalue weighted by atomic mass is 19.4. The molecule has 38 heavy (non-hydrogen) atoms. The van der Waals surface area contributed by atoms with Crippen LogP contribution in [0.1, 0.15) is 19.2 Å². The number of carbonyl (C=O) groups excluding carboxylic acids is 2. The molecule has 3 atom stereocenters. The molecule has 1 unspecified atom stereocenters. The fourth-order valence-corrected chi connectivity index (χ4v) is 4.75. The smallest absolute Gasteiger partial charge is 0.408 e. The first kappa shape index (κ1) is 25.4. The van der Waals surface area contributed by atoms with Gasteiger partial charge in [0, 0.05) is 38.8 Å². The third kappa shape index (κ3) is 4.61. The van der Waals surface area contributed by atoms with E-state index in [-0.39, 0.29) is 17.6 Å². The van der Waals surface area contributed by atoms with Crippen molar-refractivity contribution in [3.05, 3.63) is 58.4 Å². The molecular formula is C24H26F3N7O4. The number of halogens is 3. The molecule has 2 bridgehead atoms. The highest BCUT2D eigenvalue weighted by molar-refractivity contribution is 5.92. The highest BCUT2D eigenvalue weighted by Gasteiger charge is 2.43. The van der Waals surface area contributed by atoms with E-state index in [1.165, 1.54) is 27.8 Å². The quantitative estimate of drug-likeness (QED) is 0.550. The summed E-state index contributed by atoms with van der Waals surface area (Å²) in [5, 5.41) is 7.55. The molecule has 0 aliphatic carbocycles. The molecule has 3 N–H and O–H groups in total. The number of carbonyl (C=O) groups is 2. The lowest BCUT2D eigenvalue weighted by Crippen LogP contribution is -2.57. The van der Waals surface area contributed by atoms with Crippen LogP contribution in [-0.2, 0) is 11.8 Å². The Bertz CT molecular complexity index is 1410. The Hall–Kier alpha value is -4.23. The molecule has 5 rings (SSSR count). The summed E-state index contributed by atoms with van der Waals surface area (Å²) in [5.74, 6) is 0.272. The van der Waals surface area contributed by atoms with Gasteiger partial charge in [-0.15, -0.1) is 0 Å². The molecule has 1 fully saturated rings. The number of nitrogens with zero attached hydrogens (tertiary/aromatic N) is 4. The summed E-state index contributed by atoms with van der Waals surface area (Å²) in [6.45, 7) is 3.73. The summed E-state index contributed by atoms with van der Waals surface area (Å²) in [4.78, 5) is 46.5. The molecule has 0 saturated carbocycles. The first-order chi connectivity index (χ1) is 17.9. The summed E-state index contributed by atoms with van der Waals surface area (Å²) in [7, 11) is 1.54. The van der Waals surface area contributed by atoms with Crippen molar-refractivity contribution >= 4 is 17.6 Å². The molecule has 3 amide bonds. The van der Waals surface area contributed by atoms with Gasteiger partial charge < -0.3 is 29.8 Å². The molecule has 0 radical (unpaired) electrons. The standard InChI is InChI=1S/C24H26F3N7O4/c1-12(24(25,26)27)29-21(35)16-4-5-18-20(30-16)34(15-6-7-33(18)11-15)23(37)31-17-8-14(10-32(3)22(17)36)19-9-28-13(2)38-19/h4-5,8-10,12,15-16,30H,6-7,11H2,1-3H3,(H,29,35)(H,31,37)/t12-,15+,16?/m1/s1. The molecule has 2 aromatic rings. The van der Waals surface area contributed by atoms with E-state index in [9.17, 15) is 27.6 Å². The molecular weight excluding hydrogens is 507 g/mol.